The molecule has 0 aliphatic heterocycles. The van der Waals surface area contributed by atoms with E-state index in [-0.39, 0.29) is 0 Å². The van der Waals surface area contributed by atoms with Crippen LogP contribution in [0, 0.1) is 6.92 Å². The van der Waals surface area contributed by atoms with Gasteiger partial charge < -0.3 is 19.9 Å². The zero-order valence-electron chi connectivity index (χ0n) is 10.3. The molecule has 1 aromatic rings. The normalized spacial score (nSPS) is 10.1. The molecule has 0 heterocycles. The lowest BCUT2D eigenvalue weighted by Gasteiger charge is -2.12. The predicted molar refractivity (Wildman–Crippen MR) is 64.3 cm³/mol. The molecule has 5 nitrogen and oxygen atoms in total. The van der Waals surface area contributed by atoms with Crippen molar-refractivity contribution in [2.75, 3.05) is 33.2 Å². The van der Waals surface area contributed by atoms with Crippen molar-refractivity contribution in [1.82, 2.24) is 0 Å². The number of nitrogen functional groups attached to an aromatic ring is 1. The number of esters is 1. The Morgan fingerprint density at radius 3 is 2.59 bits per heavy atom. The summed E-state index contributed by atoms with van der Waals surface area (Å²) in [7, 11) is 2.90. The van der Waals surface area contributed by atoms with Gasteiger partial charge in [-0.25, -0.2) is 4.79 Å². The molecule has 0 aliphatic rings. The number of benzene rings is 1. The number of carbonyl (C=O) groups is 1. The van der Waals surface area contributed by atoms with Gasteiger partial charge in [-0.1, -0.05) is 0 Å². The number of hydrogen-bond acceptors (Lipinski definition) is 5. The SMILES string of the molecule is COCCOc1cc(C)cc(C(=O)OC)c1N. The molecule has 0 bridgehead atoms. The summed E-state index contributed by atoms with van der Waals surface area (Å²) in [5.74, 6) is 0.00485. The van der Waals surface area contributed by atoms with Crippen LogP contribution in [0.4, 0.5) is 5.69 Å². The summed E-state index contributed by atoms with van der Waals surface area (Å²) in [4.78, 5) is 11.5. The lowest BCUT2D eigenvalue weighted by molar-refractivity contribution is 0.0601. The molecule has 0 amide bonds. The number of aryl methyl sites for hydroxylation is 1. The van der Waals surface area contributed by atoms with Crippen LogP contribution < -0.4 is 10.5 Å². The first-order valence-electron chi connectivity index (χ1n) is 5.20. The molecule has 0 saturated carbocycles. The van der Waals surface area contributed by atoms with Crippen molar-refractivity contribution in [3.05, 3.63) is 23.3 Å². The van der Waals surface area contributed by atoms with E-state index in [1.165, 1.54) is 7.11 Å². The Balaban J connectivity index is 2.97. The van der Waals surface area contributed by atoms with Crippen molar-refractivity contribution in [1.29, 1.82) is 0 Å². The first-order chi connectivity index (χ1) is 8.10. The van der Waals surface area contributed by atoms with E-state index in [9.17, 15) is 4.79 Å². The number of carbonyl (C=O) groups excluding carboxylic acids is 1. The summed E-state index contributed by atoms with van der Waals surface area (Å²) in [6.07, 6.45) is 0. The van der Waals surface area contributed by atoms with E-state index < -0.39 is 5.97 Å². The molecular formula is C12H17NO4. The lowest BCUT2D eigenvalue weighted by Crippen LogP contribution is -2.10. The molecule has 0 fully saturated rings. The van der Waals surface area contributed by atoms with E-state index in [4.69, 9.17) is 15.2 Å². The number of hydrogen-bond donors (Lipinski definition) is 1. The Kier molecular flexibility index (Phi) is 4.78. The van der Waals surface area contributed by atoms with E-state index in [0.717, 1.165) is 5.56 Å². The number of ether oxygens (including phenoxy) is 3. The van der Waals surface area contributed by atoms with Crippen LogP contribution in [0.25, 0.3) is 0 Å². The quantitative estimate of drug-likeness (QED) is 0.477. The highest BCUT2D eigenvalue weighted by atomic mass is 16.5. The minimum atomic E-state index is -0.470. The molecule has 0 spiro atoms. The van der Waals surface area contributed by atoms with Crippen molar-refractivity contribution in [2.45, 2.75) is 6.92 Å². The van der Waals surface area contributed by atoms with E-state index in [1.54, 1.807) is 19.2 Å². The van der Waals surface area contributed by atoms with Crippen molar-refractivity contribution in [2.24, 2.45) is 0 Å². The molecule has 1 rings (SSSR count). The van der Waals surface area contributed by atoms with Gasteiger partial charge in [0.15, 0.2) is 0 Å². The minimum absolute atomic E-state index is 0.290. The van der Waals surface area contributed by atoms with E-state index >= 15 is 0 Å². The van der Waals surface area contributed by atoms with Crippen LogP contribution in [-0.4, -0.2) is 33.4 Å². The Morgan fingerprint density at radius 2 is 2.00 bits per heavy atom. The Bertz CT molecular complexity index is 404. The average Bonchev–Trinajstić information content (AvgIpc) is 2.32. The van der Waals surface area contributed by atoms with Crippen molar-refractivity contribution in [3.8, 4) is 5.75 Å². The summed E-state index contributed by atoms with van der Waals surface area (Å²) < 4.78 is 15.0. The third-order valence-corrected chi connectivity index (χ3v) is 2.24. The molecule has 0 unspecified atom stereocenters. The van der Waals surface area contributed by atoms with Gasteiger partial charge in [-0.2, -0.15) is 0 Å². The van der Waals surface area contributed by atoms with Gasteiger partial charge in [0.2, 0.25) is 0 Å². The van der Waals surface area contributed by atoms with Crippen LogP contribution in [0.15, 0.2) is 12.1 Å². The number of anilines is 1. The molecule has 0 aromatic heterocycles. The Labute approximate surface area is 100 Å². The highest BCUT2D eigenvalue weighted by Crippen LogP contribution is 2.27. The van der Waals surface area contributed by atoms with Crippen LogP contribution in [-0.2, 0) is 9.47 Å². The standard InChI is InChI=1S/C12H17NO4/c1-8-6-9(12(14)16-3)11(13)10(7-8)17-5-4-15-2/h6-7H,4-5,13H2,1-3H3. The minimum Gasteiger partial charge on any atom is -0.489 e. The van der Waals surface area contributed by atoms with Crippen molar-refractivity contribution in [3.63, 3.8) is 0 Å². The van der Waals surface area contributed by atoms with Gasteiger partial charge in [0.1, 0.15) is 12.4 Å². The second kappa shape index (κ2) is 6.10. The third kappa shape index (κ3) is 3.35. The fourth-order valence-electron chi connectivity index (χ4n) is 1.40. The van der Waals surface area contributed by atoms with Crippen LogP contribution in [0.5, 0.6) is 5.75 Å². The fourth-order valence-corrected chi connectivity index (χ4v) is 1.40. The maximum Gasteiger partial charge on any atom is 0.340 e. The smallest absolute Gasteiger partial charge is 0.340 e. The number of rotatable bonds is 5. The lowest BCUT2D eigenvalue weighted by atomic mass is 10.1. The maximum atomic E-state index is 11.5. The van der Waals surface area contributed by atoms with Gasteiger partial charge in [0.05, 0.1) is 25.0 Å². The molecule has 0 aliphatic carbocycles. The second-order valence-electron chi connectivity index (χ2n) is 3.56. The van der Waals surface area contributed by atoms with Gasteiger partial charge in [-0.05, 0) is 24.6 Å². The summed E-state index contributed by atoms with van der Waals surface area (Å²) in [6.45, 7) is 2.70. The summed E-state index contributed by atoms with van der Waals surface area (Å²) in [6, 6.07) is 3.45. The molecular weight excluding hydrogens is 222 g/mol. The van der Waals surface area contributed by atoms with Crippen LogP contribution in [0.3, 0.4) is 0 Å². The molecule has 2 N–H and O–H groups in total. The fraction of sp³-hybridized carbons (Fsp3) is 0.417. The Hall–Kier alpha value is -1.75. The van der Waals surface area contributed by atoms with E-state index in [0.29, 0.717) is 30.2 Å². The summed E-state index contributed by atoms with van der Waals surface area (Å²) >= 11 is 0. The van der Waals surface area contributed by atoms with Crippen molar-refractivity contribution >= 4 is 11.7 Å². The first kappa shape index (κ1) is 13.3. The van der Waals surface area contributed by atoms with Gasteiger partial charge in [0, 0.05) is 7.11 Å². The molecule has 94 valence electrons. The van der Waals surface area contributed by atoms with Gasteiger partial charge in [-0.15, -0.1) is 0 Å². The third-order valence-electron chi connectivity index (χ3n) is 2.24. The van der Waals surface area contributed by atoms with Gasteiger partial charge in [0.25, 0.3) is 0 Å². The zero-order valence-corrected chi connectivity index (χ0v) is 10.3. The highest BCUT2D eigenvalue weighted by Gasteiger charge is 2.15. The second-order valence-corrected chi connectivity index (χ2v) is 3.56. The molecule has 5 heteroatoms. The number of methoxy groups -OCH3 is 2. The molecule has 0 radical (unpaired) electrons. The number of nitrogens with two attached hydrogens (primary N) is 1. The monoisotopic (exact) mass is 239 g/mol. The topological polar surface area (TPSA) is 70.8 Å². The zero-order chi connectivity index (χ0) is 12.8. The van der Waals surface area contributed by atoms with Crippen LogP contribution >= 0.6 is 0 Å². The summed E-state index contributed by atoms with van der Waals surface area (Å²) in [5, 5.41) is 0. The van der Waals surface area contributed by atoms with E-state index in [1.807, 2.05) is 6.92 Å². The average molecular weight is 239 g/mol. The van der Waals surface area contributed by atoms with Crippen molar-refractivity contribution < 1.29 is 19.0 Å². The maximum absolute atomic E-state index is 11.5. The highest BCUT2D eigenvalue weighted by molar-refractivity contribution is 5.96. The molecule has 0 atom stereocenters. The molecule has 0 saturated heterocycles. The summed E-state index contributed by atoms with van der Waals surface area (Å²) in [5.41, 5.74) is 7.34. The first-order valence-corrected chi connectivity index (χ1v) is 5.20. The predicted octanol–water partition coefficient (Wildman–Crippen LogP) is 1.39. The molecule has 17 heavy (non-hydrogen) atoms. The molecule has 1 aromatic carbocycles. The largest absolute Gasteiger partial charge is 0.489 e. The van der Waals surface area contributed by atoms with Gasteiger partial charge in [-0.3, -0.25) is 0 Å². The Morgan fingerprint density at radius 1 is 1.29 bits per heavy atom. The van der Waals surface area contributed by atoms with Gasteiger partial charge >= 0.3 is 5.97 Å². The van der Waals surface area contributed by atoms with Crippen LogP contribution in [0.2, 0.25) is 0 Å². The van der Waals surface area contributed by atoms with Crippen LogP contribution in [0.1, 0.15) is 15.9 Å². The van der Waals surface area contributed by atoms with E-state index in [2.05, 4.69) is 4.74 Å².